The maximum absolute atomic E-state index is 12.0. The van der Waals surface area contributed by atoms with Crippen LogP contribution in [0.2, 0.25) is 0 Å². The molecular weight excluding hydrogens is 568 g/mol. The van der Waals surface area contributed by atoms with Crippen LogP contribution in [-0.4, -0.2) is 70.3 Å². The van der Waals surface area contributed by atoms with Crippen molar-refractivity contribution in [1.82, 2.24) is 9.97 Å². The van der Waals surface area contributed by atoms with Crippen LogP contribution < -0.4 is 0 Å². The lowest BCUT2D eigenvalue weighted by Gasteiger charge is -2.19. The average Bonchev–Trinajstić information content (AvgIpc) is 3.71. The lowest BCUT2D eigenvalue weighted by Crippen LogP contribution is -2.25. The molecule has 12 nitrogen and oxygen atoms in total. The summed E-state index contributed by atoms with van der Waals surface area (Å²) in [6.45, 7) is 14.4. The van der Waals surface area contributed by atoms with Crippen LogP contribution >= 0.6 is 0 Å². The summed E-state index contributed by atoms with van der Waals surface area (Å²) in [5.41, 5.74) is 9.26. The number of rotatable bonds is 8. The summed E-state index contributed by atoms with van der Waals surface area (Å²) >= 11 is 0. The van der Waals surface area contributed by atoms with E-state index in [0.717, 1.165) is 6.42 Å². The van der Waals surface area contributed by atoms with Crippen LogP contribution in [-0.2, 0) is 41.4 Å². The van der Waals surface area contributed by atoms with Crippen LogP contribution in [0.3, 0.4) is 0 Å². The molecule has 12 heteroatoms. The highest BCUT2D eigenvalue weighted by atomic mass is 16.6. The van der Waals surface area contributed by atoms with Gasteiger partial charge in [-0.05, 0) is 84.6 Å². The van der Waals surface area contributed by atoms with Crippen LogP contribution in [0.4, 0.5) is 0 Å². The van der Waals surface area contributed by atoms with E-state index < -0.39 is 23.1 Å². The lowest BCUT2D eigenvalue weighted by molar-refractivity contribution is -0.157. The first-order valence-electron chi connectivity index (χ1n) is 13.8. The Morgan fingerprint density at radius 2 is 1.41 bits per heavy atom. The zero-order valence-corrected chi connectivity index (χ0v) is 26.7. The van der Waals surface area contributed by atoms with E-state index in [2.05, 4.69) is 26.1 Å². The highest BCUT2D eigenvalue weighted by molar-refractivity contribution is 6.20. The number of methoxy groups -OCH3 is 2. The number of hydrogen-bond donors (Lipinski definition) is 0. The van der Waals surface area contributed by atoms with Crippen molar-refractivity contribution in [3.63, 3.8) is 0 Å². The van der Waals surface area contributed by atoms with E-state index in [4.69, 9.17) is 19.7 Å². The number of aromatic nitrogens is 2. The molecule has 2 heterocycles. The maximum atomic E-state index is 12.0. The molecule has 0 radical (unpaired) electrons. The predicted molar refractivity (Wildman–Crippen MR) is 162 cm³/mol. The molecule has 0 saturated heterocycles. The number of ether oxygens (including phenoxy) is 4. The number of carbonyl (C=O) groups excluding carboxylic acids is 4. The molecule has 0 aliphatic heterocycles. The van der Waals surface area contributed by atoms with Gasteiger partial charge in [0.25, 0.3) is 0 Å². The molecule has 1 fully saturated rings. The number of nitrogens with zero attached hydrogens (tertiary/aromatic N) is 4. The minimum atomic E-state index is -0.644. The van der Waals surface area contributed by atoms with Crippen LogP contribution in [0, 0.1) is 11.8 Å². The van der Waals surface area contributed by atoms with E-state index in [1.54, 1.807) is 63.5 Å². The van der Waals surface area contributed by atoms with Gasteiger partial charge in [-0.3, -0.25) is 14.8 Å². The molecular formula is C32H42N4O8. The summed E-state index contributed by atoms with van der Waals surface area (Å²) in [6, 6.07) is 6.80. The second-order valence-corrected chi connectivity index (χ2v) is 11.6. The molecule has 2 unspecified atom stereocenters. The molecule has 2 atom stereocenters. The third-order valence-corrected chi connectivity index (χ3v) is 5.59. The molecule has 44 heavy (non-hydrogen) atoms. The SMILES string of the molecule is C=CCc1ncccc1C(=O)OC.CC(C)(C)OC(=O)C=[N+]=[N-].COC(=O)c1cccnc1CC1CC1C(=O)OC(C)(C)C. The molecule has 0 bridgehead atoms. The first kappa shape index (κ1) is 37.3. The van der Waals surface area contributed by atoms with Gasteiger partial charge in [0.1, 0.15) is 11.2 Å². The quantitative estimate of drug-likeness (QED) is 0.103. The molecule has 1 saturated carbocycles. The molecule has 238 valence electrons. The molecule has 0 N–H and O–H groups in total. The highest BCUT2D eigenvalue weighted by Gasteiger charge is 2.45. The van der Waals surface area contributed by atoms with Gasteiger partial charge in [-0.25, -0.2) is 14.4 Å². The monoisotopic (exact) mass is 610 g/mol. The van der Waals surface area contributed by atoms with Gasteiger partial charge in [0, 0.05) is 18.8 Å². The van der Waals surface area contributed by atoms with E-state index in [9.17, 15) is 19.2 Å². The largest absolute Gasteiger partial charge is 0.465 e. The van der Waals surface area contributed by atoms with Crippen molar-refractivity contribution >= 4 is 30.1 Å². The Kier molecular flexibility index (Phi) is 14.8. The minimum absolute atomic E-state index is 0.0864. The fourth-order valence-electron chi connectivity index (χ4n) is 3.69. The van der Waals surface area contributed by atoms with E-state index in [0.29, 0.717) is 41.6 Å². The van der Waals surface area contributed by atoms with Gasteiger partial charge in [0.2, 0.25) is 0 Å². The van der Waals surface area contributed by atoms with Crippen LogP contribution in [0.1, 0.15) is 80.1 Å². The predicted octanol–water partition coefficient (Wildman–Crippen LogP) is 4.61. The van der Waals surface area contributed by atoms with Gasteiger partial charge in [0.05, 0.1) is 42.7 Å². The summed E-state index contributed by atoms with van der Waals surface area (Å²) in [5, 5.41) is 0. The summed E-state index contributed by atoms with van der Waals surface area (Å²) in [6.07, 6.45) is 7.66. The zero-order chi connectivity index (χ0) is 33.5. The van der Waals surface area contributed by atoms with Crippen LogP contribution in [0.5, 0.6) is 0 Å². The van der Waals surface area contributed by atoms with Crippen molar-refractivity contribution in [2.45, 2.75) is 72.0 Å². The Labute approximate surface area is 258 Å². The molecule has 0 amide bonds. The third-order valence-electron chi connectivity index (χ3n) is 5.59. The minimum Gasteiger partial charge on any atom is -0.465 e. The van der Waals surface area contributed by atoms with Gasteiger partial charge >= 0.3 is 30.1 Å². The molecule has 1 aliphatic rings. The highest BCUT2D eigenvalue weighted by Crippen LogP contribution is 2.42. The summed E-state index contributed by atoms with van der Waals surface area (Å²) < 4.78 is 19.5. The molecule has 2 aromatic heterocycles. The molecule has 0 aromatic carbocycles. The second-order valence-electron chi connectivity index (χ2n) is 11.6. The Hall–Kier alpha value is -4.70. The normalized spacial score (nSPS) is 14.9. The van der Waals surface area contributed by atoms with Gasteiger partial charge in [-0.2, -0.15) is 4.79 Å². The fraction of sp³-hybridized carbons (Fsp3) is 0.469. The third kappa shape index (κ3) is 14.0. The van der Waals surface area contributed by atoms with E-state index >= 15 is 0 Å². The average molecular weight is 611 g/mol. The smallest absolute Gasteiger partial charge is 0.414 e. The molecule has 3 rings (SSSR count). The lowest BCUT2D eigenvalue weighted by atomic mass is 10.1. The second kappa shape index (κ2) is 17.4. The molecule has 0 spiro atoms. The summed E-state index contributed by atoms with van der Waals surface area (Å²) in [4.78, 5) is 56.2. The van der Waals surface area contributed by atoms with E-state index in [1.807, 2.05) is 20.8 Å². The Balaban J connectivity index is 0.000000361. The summed E-state index contributed by atoms with van der Waals surface area (Å²) in [5.74, 6) is -1.45. The van der Waals surface area contributed by atoms with Crippen LogP contribution in [0.15, 0.2) is 49.3 Å². The van der Waals surface area contributed by atoms with Crippen molar-refractivity contribution in [1.29, 1.82) is 0 Å². The number of carbonyl (C=O) groups is 4. The van der Waals surface area contributed by atoms with Gasteiger partial charge in [-0.1, -0.05) is 6.08 Å². The Morgan fingerprint density at radius 1 is 0.909 bits per heavy atom. The van der Waals surface area contributed by atoms with Crippen molar-refractivity contribution in [3.05, 3.63) is 77.4 Å². The van der Waals surface area contributed by atoms with Gasteiger partial charge in [-0.15, -0.1) is 6.58 Å². The van der Waals surface area contributed by atoms with Crippen molar-refractivity contribution < 1.29 is 42.9 Å². The Morgan fingerprint density at radius 3 is 1.86 bits per heavy atom. The first-order valence-corrected chi connectivity index (χ1v) is 13.8. The first-order chi connectivity index (χ1) is 20.6. The van der Waals surface area contributed by atoms with Crippen molar-refractivity contribution in [2.24, 2.45) is 11.8 Å². The van der Waals surface area contributed by atoms with Gasteiger partial charge < -0.3 is 24.5 Å². The molecule has 2 aromatic rings. The number of esters is 4. The zero-order valence-electron chi connectivity index (χ0n) is 26.7. The van der Waals surface area contributed by atoms with Crippen molar-refractivity contribution in [3.8, 4) is 0 Å². The van der Waals surface area contributed by atoms with Crippen molar-refractivity contribution in [2.75, 3.05) is 14.2 Å². The summed E-state index contributed by atoms with van der Waals surface area (Å²) in [7, 11) is 2.70. The van der Waals surface area contributed by atoms with E-state index in [1.165, 1.54) is 14.2 Å². The Bertz CT molecular complexity index is 1350. The standard InChI is InChI=1S/C16H21NO4.C10H11NO2.C6H10N2O2/c1-16(2,3)21-15(19)12-8-10(12)9-13-11(14(18)20-4)6-5-7-17-13;1-3-5-9-8(10(12)13-2)6-4-7-11-9;1-6(2,3)10-5(9)4-8-7/h5-7,10,12H,8-9H2,1-4H3;3-4,6-7H,1,5H2,2H3;4H,1-3H3. The van der Waals surface area contributed by atoms with Crippen LogP contribution in [0.25, 0.3) is 5.53 Å². The number of hydrogen-bond acceptors (Lipinski definition) is 10. The maximum Gasteiger partial charge on any atom is 0.414 e. The molecule has 1 aliphatic carbocycles. The van der Waals surface area contributed by atoms with E-state index in [-0.39, 0.29) is 23.8 Å². The van der Waals surface area contributed by atoms with Gasteiger partial charge in [0.15, 0.2) is 0 Å². The fourth-order valence-corrected chi connectivity index (χ4v) is 3.69. The number of allylic oxidation sites excluding steroid dienone is 1. The topological polar surface area (TPSA) is 167 Å². The number of pyridine rings is 2.